The molecule has 1 aromatic carbocycles. The Morgan fingerprint density at radius 3 is 2.58 bits per heavy atom. The average molecular weight is 273 g/mol. The van der Waals surface area contributed by atoms with Crippen LogP contribution in [0.3, 0.4) is 0 Å². The van der Waals surface area contributed by atoms with Crippen molar-refractivity contribution in [1.82, 2.24) is 0 Å². The van der Waals surface area contributed by atoms with E-state index in [9.17, 15) is 13.2 Å². The van der Waals surface area contributed by atoms with Crippen LogP contribution in [0.4, 0.5) is 13.2 Å². The molecule has 1 aliphatic rings. The smallest absolute Gasteiger partial charge is 0.379 e. The number of ether oxygens (including phenoxy) is 1. The maximum absolute atomic E-state index is 12.8. The first-order valence-corrected chi connectivity index (χ1v) is 6.48. The van der Waals surface area contributed by atoms with E-state index in [0.29, 0.717) is 6.61 Å². The van der Waals surface area contributed by atoms with E-state index in [1.807, 2.05) is 0 Å². The molecule has 106 valence electrons. The molecule has 1 aromatic rings. The zero-order valence-corrected chi connectivity index (χ0v) is 10.6. The Morgan fingerprint density at radius 2 is 1.95 bits per heavy atom. The summed E-state index contributed by atoms with van der Waals surface area (Å²) in [5.74, 6) is 0.749. The van der Waals surface area contributed by atoms with Crippen molar-refractivity contribution in [2.24, 2.45) is 11.7 Å². The van der Waals surface area contributed by atoms with Crippen molar-refractivity contribution in [2.45, 2.75) is 31.5 Å². The number of nitrogens with two attached hydrogens (primary N) is 1. The topological polar surface area (TPSA) is 35.2 Å². The Bertz CT molecular complexity index is 415. The van der Waals surface area contributed by atoms with E-state index in [2.05, 4.69) is 0 Å². The lowest BCUT2D eigenvalue weighted by molar-refractivity contribution is -0.138. The van der Waals surface area contributed by atoms with Crippen molar-refractivity contribution in [3.8, 4) is 0 Å². The summed E-state index contributed by atoms with van der Waals surface area (Å²) in [7, 11) is 0. The molecule has 2 N–H and O–H groups in total. The van der Waals surface area contributed by atoms with Gasteiger partial charge in [0, 0.05) is 6.61 Å². The lowest BCUT2D eigenvalue weighted by atomic mass is 10.0. The highest BCUT2D eigenvalue weighted by molar-refractivity contribution is 5.32. The van der Waals surface area contributed by atoms with Crippen molar-refractivity contribution in [1.29, 1.82) is 0 Å². The lowest BCUT2D eigenvalue weighted by Crippen LogP contribution is -2.22. The summed E-state index contributed by atoms with van der Waals surface area (Å²) >= 11 is 0. The van der Waals surface area contributed by atoms with Crippen LogP contribution < -0.4 is 5.73 Å². The van der Waals surface area contributed by atoms with Gasteiger partial charge in [0.05, 0.1) is 18.2 Å². The van der Waals surface area contributed by atoms with Gasteiger partial charge in [-0.1, -0.05) is 31.0 Å². The maximum atomic E-state index is 12.8. The molecular weight excluding hydrogens is 255 g/mol. The van der Waals surface area contributed by atoms with Crippen molar-refractivity contribution in [2.75, 3.05) is 13.2 Å². The summed E-state index contributed by atoms with van der Waals surface area (Å²) in [6.45, 7) is 0.701. The Morgan fingerprint density at radius 1 is 1.26 bits per heavy atom. The van der Waals surface area contributed by atoms with Gasteiger partial charge >= 0.3 is 6.18 Å². The summed E-state index contributed by atoms with van der Waals surface area (Å²) in [4.78, 5) is 0. The van der Waals surface area contributed by atoms with Gasteiger partial charge in [0.2, 0.25) is 0 Å². The molecule has 0 aromatic heterocycles. The molecule has 1 fully saturated rings. The van der Waals surface area contributed by atoms with Gasteiger partial charge in [-0.05, 0) is 24.0 Å². The largest absolute Gasteiger partial charge is 0.416 e. The van der Waals surface area contributed by atoms with Gasteiger partial charge in [0.25, 0.3) is 0 Å². The van der Waals surface area contributed by atoms with Crippen LogP contribution in [0.5, 0.6) is 0 Å². The van der Waals surface area contributed by atoms with Crippen LogP contribution >= 0.6 is 0 Å². The highest BCUT2D eigenvalue weighted by Crippen LogP contribution is 2.34. The summed E-state index contributed by atoms with van der Waals surface area (Å²) in [5, 5.41) is 0. The van der Waals surface area contributed by atoms with Crippen LogP contribution in [-0.2, 0) is 10.9 Å². The first-order valence-electron chi connectivity index (χ1n) is 6.48. The third-order valence-corrected chi connectivity index (χ3v) is 3.33. The van der Waals surface area contributed by atoms with Gasteiger partial charge in [0.15, 0.2) is 0 Å². The fourth-order valence-electron chi connectivity index (χ4n) is 2.04. The molecular formula is C14H18F3NO. The highest BCUT2D eigenvalue weighted by Gasteiger charge is 2.34. The molecule has 1 atom stereocenters. The van der Waals surface area contributed by atoms with E-state index in [-0.39, 0.29) is 12.2 Å². The third kappa shape index (κ3) is 4.21. The molecule has 2 nitrogen and oxygen atoms in total. The first kappa shape index (κ1) is 14.3. The van der Waals surface area contributed by atoms with Gasteiger partial charge in [0.1, 0.15) is 0 Å². The van der Waals surface area contributed by atoms with E-state index >= 15 is 0 Å². The van der Waals surface area contributed by atoms with Crippen LogP contribution in [0.2, 0.25) is 0 Å². The molecule has 5 heteroatoms. The predicted octanol–water partition coefficient (Wildman–Crippen LogP) is 3.52. The maximum Gasteiger partial charge on any atom is 0.416 e. The van der Waals surface area contributed by atoms with E-state index in [0.717, 1.165) is 18.4 Å². The third-order valence-electron chi connectivity index (χ3n) is 3.33. The molecule has 0 bridgehead atoms. The first-order chi connectivity index (χ1) is 8.98. The van der Waals surface area contributed by atoms with E-state index in [1.54, 1.807) is 6.07 Å². The highest BCUT2D eigenvalue weighted by atomic mass is 19.4. The number of hydrogen-bond donors (Lipinski definition) is 1. The predicted molar refractivity (Wildman–Crippen MR) is 66.5 cm³/mol. The summed E-state index contributed by atoms with van der Waals surface area (Å²) in [6, 6.07) is 4.66. The number of hydrogen-bond acceptors (Lipinski definition) is 2. The van der Waals surface area contributed by atoms with Crippen LogP contribution in [-0.4, -0.2) is 13.2 Å². The summed E-state index contributed by atoms with van der Waals surface area (Å²) < 4.78 is 43.8. The average Bonchev–Trinajstić information content (AvgIpc) is 3.17. The minimum absolute atomic E-state index is 0.0985. The van der Waals surface area contributed by atoms with Gasteiger partial charge in [-0.3, -0.25) is 0 Å². The van der Waals surface area contributed by atoms with Crippen molar-refractivity contribution in [3.63, 3.8) is 0 Å². The Balaban J connectivity index is 1.91. The fraction of sp³-hybridized carbons (Fsp3) is 0.571. The minimum Gasteiger partial charge on any atom is -0.379 e. The SMILES string of the molecule is NC(COCCC1CC1)c1ccccc1C(F)(F)F. The summed E-state index contributed by atoms with van der Waals surface area (Å²) in [6.07, 6.45) is -0.908. The molecule has 1 saturated carbocycles. The molecule has 0 saturated heterocycles. The molecule has 1 unspecified atom stereocenters. The number of alkyl halides is 3. The molecule has 19 heavy (non-hydrogen) atoms. The second-order valence-corrected chi connectivity index (χ2v) is 5.00. The number of rotatable bonds is 6. The van der Waals surface area contributed by atoms with Gasteiger partial charge < -0.3 is 10.5 Å². The fourth-order valence-corrected chi connectivity index (χ4v) is 2.04. The molecule has 1 aliphatic carbocycles. The second-order valence-electron chi connectivity index (χ2n) is 5.00. The second kappa shape index (κ2) is 5.92. The zero-order chi connectivity index (χ0) is 13.9. The van der Waals surface area contributed by atoms with Crippen LogP contribution in [0.25, 0.3) is 0 Å². The molecule has 0 heterocycles. The number of benzene rings is 1. The van der Waals surface area contributed by atoms with Crippen LogP contribution in [0.1, 0.15) is 36.4 Å². The van der Waals surface area contributed by atoms with E-state index < -0.39 is 17.8 Å². The zero-order valence-electron chi connectivity index (χ0n) is 10.6. The van der Waals surface area contributed by atoms with Crippen molar-refractivity contribution >= 4 is 0 Å². The summed E-state index contributed by atoms with van der Waals surface area (Å²) in [5.41, 5.74) is 5.23. The van der Waals surface area contributed by atoms with Crippen LogP contribution in [0, 0.1) is 5.92 Å². The number of halogens is 3. The van der Waals surface area contributed by atoms with Gasteiger partial charge in [-0.2, -0.15) is 13.2 Å². The Hall–Kier alpha value is -1.07. The van der Waals surface area contributed by atoms with Crippen LogP contribution in [0.15, 0.2) is 24.3 Å². The monoisotopic (exact) mass is 273 g/mol. The van der Waals surface area contributed by atoms with Crippen molar-refractivity contribution in [3.05, 3.63) is 35.4 Å². The molecule has 0 radical (unpaired) electrons. The molecule has 0 amide bonds. The van der Waals surface area contributed by atoms with E-state index in [1.165, 1.54) is 25.0 Å². The Kier molecular flexibility index (Phi) is 4.47. The quantitative estimate of drug-likeness (QED) is 0.805. The molecule has 2 rings (SSSR count). The molecule has 0 spiro atoms. The Labute approximate surface area is 110 Å². The molecule has 0 aliphatic heterocycles. The van der Waals surface area contributed by atoms with Crippen molar-refractivity contribution < 1.29 is 17.9 Å². The lowest BCUT2D eigenvalue weighted by Gasteiger charge is -2.18. The van der Waals surface area contributed by atoms with Gasteiger partial charge in [-0.25, -0.2) is 0 Å². The van der Waals surface area contributed by atoms with E-state index in [4.69, 9.17) is 10.5 Å². The minimum atomic E-state index is -4.37. The van der Waals surface area contributed by atoms with Gasteiger partial charge in [-0.15, -0.1) is 0 Å². The normalized spacial score (nSPS) is 17.5. The standard InChI is InChI=1S/C14H18F3NO/c15-14(16,17)12-4-2-1-3-11(12)13(18)9-19-8-7-10-5-6-10/h1-4,10,13H,5-9,18H2.